The zero-order valence-electron chi connectivity index (χ0n) is 20.7. The van der Waals surface area contributed by atoms with E-state index >= 15 is 0 Å². The normalized spacial score (nSPS) is 27.3. The van der Waals surface area contributed by atoms with Gasteiger partial charge in [-0.05, 0) is 57.0 Å². The van der Waals surface area contributed by atoms with Gasteiger partial charge in [0, 0.05) is 71.8 Å². The van der Waals surface area contributed by atoms with Crippen molar-refractivity contribution in [2.45, 2.75) is 51.0 Å². The largest absolute Gasteiger partial charge is 0.375 e. The molecule has 3 N–H and O–H groups in total. The van der Waals surface area contributed by atoms with Crippen LogP contribution in [0.15, 0.2) is 59.6 Å². The first kappa shape index (κ1) is 22.8. The lowest BCUT2D eigenvalue weighted by molar-refractivity contribution is 0.0628. The lowest BCUT2D eigenvalue weighted by Gasteiger charge is -2.44. The molecule has 0 bridgehead atoms. The second-order valence-electron chi connectivity index (χ2n) is 11.3. The van der Waals surface area contributed by atoms with Gasteiger partial charge in [0.25, 0.3) is 0 Å². The summed E-state index contributed by atoms with van der Waals surface area (Å²) < 4.78 is 27.8. The van der Waals surface area contributed by atoms with E-state index < -0.39 is 5.67 Å². The molecule has 0 spiro atoms. The van der Waals surface area contributed by atoms with Crippen LogP contribution in [0.25, 0.3) is 10.9 Å². The molecule has 1 aromatic heterocycles. The first-order valence-electron chi connectivity index (χ1n) is 12.8. The van der Waals surface area contributed by atoms with Gasteiger partial charge < -0.3 is 15.6 Å². The maximum atomic E-state index is 15.0. The summed E-state index contributed by atoms with van der Waals surface area (Å²) >= 11 is 0. The summed E-state index contributed by atoms with van der Waals surface area (Å²) in [5, 5.41) is 8.56. The van der Waals surface area contributed by atoms with E-state index in [0.717, 1.165) is 54.4 Å². The quantitative estimate of drug-likeness (QED) is 0.577. The molecule has 35 heavy (non-hydrogen) atoms. The molecule has 3 atom stereocenters. The highest BCUT2D eigenvalue weighted by molar-refractivity contribution is 5.85. The molecule has 4 aliphatic rings. The highest BCUT2D eigenvalue weighted by atomic mass is 19.1. The Hall–Kier alpha value is -2.64. The third-order valence-corrected chi connectivity index (χ3v) is 7.79. The number of halogens is 2. The molecule has 186 valence electrons. The Balaban J connectivity index is 1.30. The molecule has 0 saturated carbocycles. The molecule has 6 rings (SSSR count). The highest BCUT2D eigenvalue weighted by Crippen LogP contribution is 2.42. The number of rotatable bonds is 6. The van der Waals surface area contributed by atoms with Crippen LogP contribution in [0, 0.1) is 5.92 Å². The number of nitrogens with zero attached hydrogens (tertiary/aromatic N) is 2. The summed E-state index contributed by atoms with van der Waals surface area (Å²) in [6, 6.07) is 8.65. The number of aromatic nitrogens is 1. The number of benzene rings is 1. The van der Waals surface area contributed by atoms with Crippen molar-refractivity contribution in [2.24, 2.45) is 5.92 Å². The van der Waals surface area contributed by atoms with E-state index in [2.05, 4.69) is 74.8 Å². The number of fused-ring (bicyclic) bond motifs is 4. The molecule has 1 aromatic carbocycles. The van der Waals surface area contributed by atoms with Crippen molar-refractivity contribution in [1.82, 2.24) is 25.4 Å². The van der Waals surface area contributed by atoms with Crippen molar-refractivity contribution in [3.05, 3.63) is 70.8 Å². The molecule has 0 amide bonds. The molecule has 5 heterocycles. The van der Waals surface area contributed by atoms with Crippen molar-refractivity contribution in [2.75, 3.05) is 32.9 Å². The van der Waals surface area contributed by atoms with E-state index in [-0.39, 0.29) is 30.7 Å². The lowest BCUT2D eigenvalue weighted by Crippen LogP contribution is -2.50. The standard InChI is InChI=1S/C28H35F2N5/c1-17-10-21-20-6-4-5-7-22(20)33-26(21)27(35(17)16-28(2,3)30)24-9-8-23-25(32-24)11-19(31-23)15-34-13-18(12-29)14-34/h4-9,11,17-18,25,27,31-33H,10,12-16H2,1-3H3/t17-,25?,27?/m1/s1. The fourth-order valence-electron chi connectivity index (χ4n) is 6.20. The molecule has 0 aliphatic carbocycles. The molecule has 2 aromatic rings. The van der Waals surface area contributed by atoms with Crippen molar-refractivity contribution in [1.29, 1.82) is 0 Å². The van der Waals surface area contributed by atoms with Gasteiger partial charge in [0.15, 0.2) is 0 Å². The molecule has 1 saturated heterocycles. The number of hydrogen-bond donors (Lipinski definition) is 3. The second-order valence-corrected chi connectivity index (χ2v) is 11.3. The van der Waals surface area contributed by atoms with Gasteiger partial charge >= 0.3 is 0 Å². The van der Waals surface area contributed by atoms with Gasteiger partial charge in [0.05, 0.1) is 18.8 Å². The Bertz CT molecular complexity index is 1210. The lowest BCUT2D eigenvalue weighted by atomic mass is 9.88. The molecular weight excluding hydrogens is 444 g/mol. The summed E-state index contributed by atoms with van der Waals surface area (Å²) in [6.45, 7) is 8.14. The molecule has 0 radical (unpaired) electrons. The van der Waals surface area contributed by atoms with Crippen molar-refractivity contribution in [3.63, 3.8) is 0 Å². The van der Waals surface area contributed by atoms with Crippen LogP contribution in [0.2, 0.25) is 0 Å². The van der Waals surface area contributed by atoms with Crippen LogP contribution in [0.1, 0.15) is 38.1 Å². The summed E-state index contributed by atoms with van der Waals surface area (Å²) in [5.74, 6) is 0.189. The Kier molecular flexibility index (Phi) is 5.53. The van der Waals surface area contributed by atoms with E-state index in [1.807, 2.05) is 0 Å². The minimum atomic E-state index is -1.30. The highest BCUT2D eigenvalue weighted by Gasteiger charge is 2.41. The number of allylic oxidation sites excluding steroid dienone is 2. The summed E-state index contributed by atoms with van der Waals surface area (Å²) in [7, 11) is 0. The number of likely N-dealkylation sites (tertiary alicyclic amines) is 1. The van der Waals surface area contributed by atoms with Gasteiger partial charge in [-0.25, -0.2) is 4.39 Å². The number of alkyl halides is 2. The molecule has 4 aliphatic heterocycles. The smallest absolute Gasteiger partial charge is 0.118 e. The van der Waals surface area contributed by atoms with E-state index in [1.54, 1.807) is 13.8 Å². The third-order valence-electron chi connectivity index (χ3n) is 7.79. The van der Waals surface area contributed by atoms with Crippen molar-refractivity contribution >= 4 is 10.9 Å². The average Bonchev–Trinajstić information content (AvgIpc) is 3.35. The first-order chi connectivity index (χ1) is 16.8. The molecule has 1 fully saturated rings. The maximum absolute atomic E-state index is 15.0. The van der Waals surface area contributed by atoms with Crippen LogP contribution >= 0.6 is 0 Å². The minimum absolute atomic E-state index is 0.0635. The molecular formula is C28H35F2N5. The Morgan fingerprint density at radius 2 is 1.89 bits per heavy atom. The summed E-state index contributed by atoms with van der Waals surface area (Å²) in [5.41, 5.74) is 5.71. The van der Waals surface area contributed by atoms with Crippen LogP contribution in [0.5, 0.6) is 0 Å². The fourth-order valence-corrected chi connectivity index (χ4v) is 6.20. The fraction of sp³-hybridized carbons (Fsp3) is 0.500. The van der Waals surface area contributed by atoms with Crippen LogP contribution < -0.4 is 10.6 Å². The topological polar surface area (TPSA) is 46.3 Å². The van der Waals surface area contributed by atoms with Gasteiger partial charge in [0.2, 0.25) is 0 Å². The third kappa shape index (κ3) is 4.19. The Morgan fingerprint density at radius 1 is 1.11 bits per heavy atom. The number of aromatic amines is 1. The average molecular weight is 480 g/mol. The van der Waals surface area contributed by atoms with Crippen LogP contribution in [0.3, 0.4) is 0 Å². The van der Waals surface area contributed by atoms with E-state index in [1.165, 1.54) is 10.9 Å². The number of hydrogen-bond acceptors (Lipinski definition) is 4. The van der Waals surface area contributed by atoms with Gasteiger partial charge in [-0.2, -0.15) is 0 Å². The Labute approximate surface area is 205 Å². The summed E-state index contributed by atoms with van der Waals surface area (Å²) in [6.07, 6.45) is 7.43. The van der Waals surface area contributed by atoms with Gasteiger partial charge in [-0.15, -0.1) is 0 Å². The maximum Gasteiger partial charge on any atom is 0.118 e. The van der Waals surface area contributed by atoms with E-state index in [4.69, 9.17) is 0 Å². The Morgan fingerprint density at radius 3 is 2.66 bits per heavy atom. The van der Waals surface area contributed by atoms with Gasteiger partial charge in [-0.3, -0.25) is 14.2 Å². The first-order valence-corrected chi connectivity index (χ1v) is 12.8. The molecule has 5 nitrogen and oxygen atoms in total. The molecule has 2 unspecified atom stereocenters. The number of nitrogens with one attached hydrogen (secondary N) is 3. The number of dihydropyridines is 1. The van der Waals surface area contributed by atoms with E-state index in [9.17, 15) is 8.78 Å². The van der Waals surface area contributed by atoms with Crippen molar-refractivity contribution in [3.8, 4) is 0 Å². The van der Waals surface area contributed by atoms with E-state index in [0.29, 0.717) is 6.54 Å². The predicted octanol–water partition coefficient (Wildman–Crippen LogP) is 4.33. The zero-order valence-corrected chi connectivity index (χ0v) is 20.7. The predicted molar refractivity (Wildman–Crippen MR) is 136 cm³/mol. The van der Waals surface area contributed by atoms with Gasteiger partial charge in [-0.1, -0.05) is 18.2 Å². The van der Waals surface area contributed by atoms with Crippen LogP contribution in [-0.2, 0) is 6.42 Å². The van der Waals surface area contributed by atoms with Crippen LogP contribution in [-0.4, -0.2) is 65.4 Å². The SMILES string of the molecule is C[C@@H]1Cc2c([nH]c3ccccc23)C(C2=CC=C3NC(CN4CC(CF)C4)=CC3N2)N1CC(C)(C)F. The molecule has 7 heteroatoms. The van der Waals surface area contributed by atoms with Crippen LogP contribution in [0.4, 0.5) is 8.78 Å². The zero-order chi connectivity index (χ0) is 24.3. The minimum Gasteiger partial charge on any atom is -0.375 e. The monoisotopic (exact) mass is 479 g/mol. The summed E-state index contributed by atoms with van der Waals surface area (Å²) in [4.78, 5) is 8.27. The number of para-hydroxylation sites is 1. The second kappa shape index (κ2) is 8.49. The van der Waals surface area contributed by atoms with Gasteiger partial charge in [0.1, 0.15) is 5.67 Å². The number of H-pyrrole nitrogens is 1. The van der Waals surface area contributed by atoms with Crippen molar-refractivity contribution < 1.29 is 8.78 Å².